The van der Waals surface area contributed by atoms with Gasteiger partial charge in [0.15, 0.2) is 34.4 Å². The normalized spacial score (nSPS) is 42.4. The number of nitrogens with zero attached hydrogens (tertiary/aromatic N) is 4. The molecule has 6 fully saturated rings. The Bertz CT molecular complexity index is 2400. The monoisotopic (exact) mass is 818 g/mol. The van der Waals surface area contributed by atoms with Gasteiger partial charge in [0.05, 0.1) is 22.0 Å². The molecule has 14 nitrogen and oxygen atoms in total. The average molecular weight is 819 g/mol. The molecule has 2 saturated heterocycles. The molecule has 14 heteroatoms. The van der Waals surface area contributed by atoms with Crippen LogP contribution >= 0.6 is 0 Å². The highest BCUT2D eigenvalue weighted by Crippen LogP contribution is 2.70. The maximum absolute atomic E-state index is 13.7. The number of carbonyl (C=O) groups excluding carboxylic acids is 2. The number of amidine groups is 2. The first kappa shape index (κ1) is 36.4. The van der Waals surface area contributed by atoms with Crippen LogP contribution in [-0.2, 0) is 33.3 Å². The molecular formula is C46H54N6O8. The maximum Gasteiger partial charge on any atom is 0.222 e. The van der Waals surface area contributed by atoms with Gasteiger partial charge < -0.3 is 40.5 Å². The number of carbonyl (C=O) groups is 2. The molecule has 316 valence electrons. The summed E-state index contributed by atoms with van der Waals surface area (Å²) >= 11 is 0. The fraction of sp³-hybridized carbons (Fsp3) is 0.652. The van der Waals surface area contributed by atoms with E-state index in [-0.39, 0.29) is 59.9 Å². The number of fused-ring (bicyclic) bond motifs is 1. The number of aromatic hydroxyl groups is 2. The van der Waals surface area contributed by atoms with Crippen molar-refractivity contribution >= 4 is 23.5 Å². The summed E-state index contributed by atoms with van der Waals surface area (Å²) in [5, 5.41) is 56.2. The number of rotatable bonds is 6. The van der Waals surface area contributed by atoms with Crippen molar-refractivity contribution in [2.45, 2.75) is 148 Å². The molecule has 6 N–H and O–H groups in total. The van der Waals surface area contributed by atoms with E-state index in [4.69, 9.17) is 19.5 Å². The molecule has 4 saturated carbocycles. The second kappa shape index (κ2) is 11.4. The Morgan fingerprint density at radius 3 is 1.80 bits per heavy atom. The Labute approximate surface area is 348 Å². The predicted octanol–water partition coefficient (Wildman–Crippen LogP) is 2.49. The van der Waals surface area contributed by atoms with Crippen molar-refractivity contribution in [3.63, 3.8) is 0 Å². The average Bonchev–Trinajstić information content (AvgIpc) is 4.10. The van der Waals surface area contributed by atoms with E-state index in [9.17, 15) is 30.0 Å². The van der Waals surface area contributed by atoms with Gasteiger partial charge in [-0.05, 0) is 125 Å². The van der Waals surface area contributed by atoms with Crippen molar-refractivity contribution in [2.75, 3.05) is 26.2 Å². The van der Waals surface area contributed by atoms with Gasteiger partial charge in [-0.15, -0.1) is 0 Å². The lowest BCUT2D eigenvalue weighted by Crippen LogP contribution is -2.82. The van der Waals surface area contributed by atoms with E-state index in [1.807, 2.05) is 12.1 Å². The summed E-state index contributed by atoms with van der Waals surface area (Å²) in [6.45, 7) is 6.25. The highest BCUT2D eigenvalue weighted by molar-refractivity contribution is 6.16. The Morgan fingerprint density at radius 1 is 0.733 bits per heavy atom. The summed E-state index contributed by atoms with van der Waals surface area (Å²) in [6, 6.07) is 6.96. The van der Waals surface area contributed by atoms with E-state index in [1.54, 1.807) is 12.1 Å². The fourth-order valence-corrected chi connectivity index (χ4v) is 15.1. The highest BCUT2D eigenvalue weighted by Gasteiger charge is 2.80. The number of phenols is 2. The van der Waals surface area contributed by atoms with E-state index in [2.05, 4.69) is 20.4 Å². The molecule has 2 unspecified atom stereocenters. The largest absolute Gasteiger partial charge is 0.504 e. The topological polar surface area (TPSA) is 189 Å². The van der Waals surface area contributed by atoms with Crippen LogP contribution < -0.4 is 20.1 Å². The molecular weight excluding hydrogens is 765 g/mol. The molecule has 5 heterocycles. The van der Waals surface area contributed by atoms with Gasteiger partial charge in [-0.1, -0.05) is 12.1 Å². The number of benzene rings is 2. The smallest absolute Gasteiger partial charge is 0.222 e. The zero-order valence-electron chi connectivity index (χ0n) is 34.3. The highest BCUT2D eigenvalue weighted by atomic mass is 16.5. The minimum absolute atomic E-state index is 0.00194. The lowest BCUT2D eigenvalue weighted by molar-refractivity contribution is -0.199. The summed E-state index contributed by atoms with van der Waals surface area (Å²) in [5.74, 6) is 1.83. The quantitative estimate of drug-likeness (QED) is 0.253. The van der Waals surface area contributed by atoms with Gasteiger partial charge in [-0.2, -0.15) is 0 Å². The minimum Gasteiger partial charge on any atom is -0.504 e. The molecule has 5 aliphatic heterocycles. The number of aliphatic imine (C=N–C) groups is 2. The second-order valence-electron chi connectivity index (χ2n) is 20.7. The van der Waals surface area contributed by atoms with E-state index >= 15 is 0 Å². The number of piperidine rings is 2. The molecule has 6 aliphatic carbocycles. The Morgan fingerprint density at radius 2 is 1.27 bits per heavy atom. The van der Waals surface area contributed by atoms with Crippen molar-refractivity contribution in [1.82, 2.24) is 20.4 Å². The van der Waals surface area contributed by atoms with Crippen LogP contribution in [0.2, 0.25) is 0 Å². The van der Waals surface area contributed by atoms with Gasteiger partial charge in [0.1, 0.15) is 23.6 Å². The number of aliphatic hydroxyl groups is 2. The van der Waals surface area contributed by atoms with Crippen molar-refractivity contribution in [2.24, 2.45) is 21.8 Å². The number of amides is 2. The van der Waals surface area contributed by atoms with Gasteiger partial charge in [0, 0.05) is 50.1 Å². The molecule has 0 aromatic heterocycles. The van der Waals surface area contributed by atoms with E-state index in [0.717, 1.165) is 48.4 Å². The van der Waals surface area contributed by atoms with E-state index < -0.39 is 45.3 Å². The zero-order chi connectivity index (χ0) is 40.9. The molecule has 0 radical (unpaired) electrons. The van der Waals surface area contributed by atoms with Gasteiger partial charge >= 0.3 is 0 Å². The van der Waals surface area contributed by atoms with Gasteiger partial charge in [-0.3, -0.25) is 19.4 Å². The lowest BCUT2D eigenvalue weighted by atomic mass is 9.45. The minimum atomic E-state index is -1.40. The Balaban J connectivity index is 0.995. The first-order valence-corrected chi connectivity index (χ1v) is 22.5. The van der Waals surface area contributed by atoms with Crippen LogP contribution in [0.3, 0.4) is 0 Å². The first-order chi connectivity index (χ1) is 28.8. The Hall–Kier alpha value is -4.24. The van der Waals surface area contributed by atoms with Crippen molar-refractivity contribution in [1.29, 1.82) is 0 Å². The number of likely N-dealkylation sites (tertiary alicyclic amines) is 2. The van der Waals surface area contributed by atoms with Crippen LogP contribution in [0, 0.1) is 11.8 Å². The second-order valence-corrected chi connectivity index (χ2v) is 20.7. The van der Waals surface area contributed by atoms with Crippen LogP contribution in [0.4, 0.5) is 0 Å². The number of hydrogen-bond acceptors (Lipinski definition) is 12. The van der Waals surface area contributed by atoms with Gasteiger partial charge in [0.25, 0.3) is 0 Å². The van der Waals surface area contributed by atoms with Crippen LogP contribution in [0.15, 0.2) is 34.3 Å². The van der Waals surface area contributed by atoms with Crippen LogP contribution in [0.5, 0.6) is 23.0 Å². The zero-order valence-corrected chi connectivity index (χ0v) is 34.3. The number of phenolic OH excluding ortho intramolecular Hbond substituents is 2. The van der Waals surface area contributed by atoms with Gasteiger partial charge in [-0.25, -0.2) is 9.98 Å². The molecule has 2 aromatic rings. The van der Waals surface area contributed by atoms with Gasteiger partial charge in [0.2, 0.25) is 11.8 Å². The molecule has 4 bridgehead atoms. The van der Waals surface area contributed by atoms with Crippen molar-refractivity contribution < 1.29 is 39.5 Å². The molecule has 2 aromatic carbocycles. The number of nitrogens with one attached hydrogen (secondary N) is 2. The fourth-order valence-electron chi connectivity index (χ4n) is 15.1. The van der Waals surface area contributed by atoms with Crippen LogP contribution in [-0.4, -0.2) is 126 Å². The Kier molecular flexibility index (Phi) is 6.93. The molecule has 13 rings (SSSR count). The predicted molar refractivity (Wildman–Crippen MR) is 218 cm³/mol. The van der Waals surface area contributed by atoms with E-state index in [1.165, 1.54) is 39.5 Å². The molecule has 60 heavy (non-hydrogen) atoms. The summed E-state index contributed by atoms with van der Waals surface area (Å²) in [6.07, 6.45) is 6.61. The van der Waals surface area contributed by atoms with Crippen molar-refractivity contribution in [3.05, 3.63) is 46.5 Å². The third-order valence-corrected chi connectivity index (χ3v) is 17.7. The molecule has 2 amide bonds. The number of ether oxygens (including phenoxy) is 2. The molecule has 3 spiro atoms. The first-order valence-electron chi connectivity index (χ1n) is 22.5. The summed E-state index contributed by atoms with van der Waals surface area (Å²) in [4.78, 5) is 43.0. The standard InChI is InChI=1S/C46H54N6O8/c1-23(53)47-39-43(11-13-45(57)31-19-27-7-9-29(55)35-33(27)41(45,37(43)59-35)15-17-51(31)21-25-3-4-25)50-40(48-39)44(49-24(2)54)12-14-46(58)32-20-28-8-10-30(56)36-34(28)42(46,38(44)60-36)16-18-52(32)22-26-5-6-26/h7-10,25-26,31-32,37-38,55-58H,3-6,11-22H2,1-2H3,(H,49,54)(H,47,48,50,53)/t31?,32?,37-,38-,41+,42+,43+,44+,45-,46-/m1/s1. The third kappa shape index (κ3) is 4.16. The summed E-state index contributed by atoms with van der Waals surface area (Å²) in [5.41, 5.74) is -3.44. The number of hydrogen-bond donors (Lipinski definition) is 6. The molecule has 10 atom stereocenters. The molecule has 11 aliphatic rings. The SMILES string of the molecule is CC(=O)NC1=NC([C@]2(NC(C)=O)CC[C@@]3(O)C4Cc5ccc(O)c6c5[C@@]3(CCN4CC3CC3)[C@H]2O6)=N[C@]12CC[C@@]1(O)C3Cc4ccc(O)c5c4[C@@]1(CCN3CC1CC1)[C@H]2O5. The van der Waals surface area contributed by atoms with E-state index in [0.29, 0.717) is 61.9 Å². The van der Waals surface area contributed by atoms with Crippen molar-refractivity contribution in [3.8, 4) is 23.0 Å². The third-order valence-electron chi connectivity index (χ3n) is 17.7. The summed E-state index contributed by atoms with van der Waals surface area (Å²) < 4.78 is 14.1. The lowest BCUT2D eigenvalue weighted by Gasteiger charge is -2.66. The van der Waals surface area contributed by atoms with Crippen LogP contribution in [0.25, 0.3) is 0 Å². The van der Waals surface area contributed by atoms with Crippen LogP contribution in [0.1, 0.15) is 100 Å². The summed E-state index contributed by atoms with van der Waals surface area (Å²) in [7, 11) is 0. The maximum atomic E-state index is 13.7.